The average molecular weight is 349 g/mol. The fourth-order valence-electron chi connectivity index (χ4n) is 2.80. The summed E-state index contributed by atoms with van der Waals surface area (Å²) in [6, 6.07) is 6.52. The van der Waals surface area contributed by atoms with E-state index < -0.39 is 5.82 Å². The molecule has 0 bridgehead atoms. The van der Waals surface area contributed by atoms with Crippen molar-refractivity contribution >= 4 is 33.8 Å². The minimum atomic E-state index is -0.501. The summed E-state index contributed by atoms with van der Waals surface area (Å²) in [7, 11) is 0. The fraction of sp³-hybridized carbons (Fsp3) is 0.294. The molecule has 6 heteroatoms. The first-order chi connectivity index (χ1) is 11.1. The normalized spacial score (nSPS) is 13.3. The summed E-state index contributed by atoms with van der Waals surface area (Å²) in [6.45, 7) is 0. The molecule has 0 fully saturated rings. The van der Waals surface area contributed by atoms with Gasteiger partial charge in [-0.25, -0.2) is 4.39 Å². The van der Waals surface area contributed by atoms with E-state index in [1.165, 1.54) is 28.3 Å². The number of benzene rings is 1. The van der Waals surface area contributed by atoms with Crippen LogP contribution in [-0.2, 0) is 24.1 Å². The topological polar surface area (TPSA) is 52.9 Å². The van der Waals surface area contributed by atoms with Crippen LogP contribution >= 0.6 is 22.9 Å². The predicted molar refractivity (Wildman–Crippen MR) is 89.4 cm³/mol. The quantitative estimate of drug-likeness (QED) is 0.889. The molecule has 0 saturated heterocycles. The highest BCUT2D eigenvalue weighted by Crippen LogP contribution is 2.37. The third-order valence-electron chi connectivity index (χ3n) is 3.94. The first-order valence-corrected chi connectivity index (χ1v) is 8.57. The maximum absolute atomic E-state index is 13.8. The number of thiophene rings is 1. The molecule has 3 nitrogen and oxygen atoms in total. The van der Waals surface area contributed by atoms with Gasteiger partial charge in [0.2, 0.25) is 5.91 Å². The van der Waals surface area contributed by atoms with Crippen molar-refractivity contribution in [3.63, 3.8) is 0 Å². The molecule has 0 radical (unpaired) electrons. The molecule has 2 aromatic rings. The number of rotatable bonds is 3. The minimum absolute atomic E-state index is 0.154. The Hall–Kier alpha value is -1.90. The van der Waals surface area contributed by atoms with E-state index in [4.69, 9.17) is 11.6 Å². The van der Waals surface area contributed by atoms with Crippen LogP contribution in [0.5, 0.6) is 0 Å². The zero-order valence-corrected chi connectivity index (χ0v) is 13.9. The second kappa shape index (κ2) is 6.69. The van der Waals surface area contributed by atoms with Crippen molar-refractivity contribution in [3.8, 4) is 6.07 Å². The van der Waals surface area contributed by atoms with E-state index in [1.807, 2.05) is 0 Å². The van der Waals surface area contributed by atoms with Crippen molar-refractivity contribution in [2.75, 3.05) is 5.32 Å². The van der Waals surface area contributed by atoms with Gasteiger partial charge in [0, 0.05) is 15.5 Å². The molecule has 23 heavy (non-hydrogen) atoms. The number of hydrogen-bond acceptors (Lipinski definition) is 3. The lowest BCUT2D eigenvalue weighted by atomic mass is 9.96. The predicted octanol–water partition coefficient (Wildman–Crippen LogP) is 4.47. The summed E-state index contributed by atoms with van der Waals surface area (Å²) in [6.07, 6.45) is 3.85. The number of anilines is 1. The van der Waals surface area contributed by atoms with E-state index in [0.29, 0.717) is 10.6 Å². The van der Waals surface area contributed by atoms with Gasteiger partial charge < -0.3 is 5.32 Å². The van der Waals surface area contributed by atoms with Gasteiger partial charge in [-0.2, -0.15) is 5.26 Å². The summed E-state index contributed by atoms with van der Waals surface area (Å²) in [5.41, 5.74) is 1.78. The number of hydrogen-bond donors (Lipinski definition) is 1. The first kappa shape index (κ1) is 16.0. The molecule has 0 spiro atoms. The van der Waals surface area contributed by atoms with Crippen LogP contribution in [-0.4, -0.2) is 5.91 Å². The monoisotopic (exact) mass is 348 g/mol. The third kappa shape index (κ3) is 3.24. The third-order valence-corrected chi connectivity index (χ3v) is 5.50. The number of fused-ring (bicyclic) bond motifs is 1. The van der Waals surface area contributed by atoms with E-state index in [9.17, 15) is 14.4 Å². The summed E-state index contributed by atoms with van der Waals surface area (Å²) in [5, 5.41) is 12.9. The molecule has 3 rings (SSSR count). The Kier molecular flexibility index (Phi) is 4.65. The molecule has 118 valence electrons. The van der Waals surface area contributed by atoms with Crippen LogP contribution in [0.25, 0.3) is 0 Å². The van der Waals surface area contributed by atoms with Gasteiger partial charge >= 0.3 is 0 Å². The number of carbonyl (C=O) groups is 1. The second-order valence-electron chi connectivity index (χ2n) is 5.45. The molecule has 1 amide bonds. The van der Waals surface area contributed by atoms with Crippen LogP contribution in [0, 0.1) is 17.1 Å². The molecule has 0 atom stereocenters. The number of nitriles is 1. The minimum Gasteiger partial charge on any atom is -0.316 e. The van der Waals surface area contributed by atoms with Crippen LogP contribution in [0.4, 0.5) is 9.39 Å². The number of halogens is 2. The SMILES string of the molecule is N#Cc1c(NC(=O)Cc2c(F)cccc2Cl)sc2c1CCCC2. The van der Waals surface area contributed by atoms with Gasteiger partial charge in [-0.05, 0) is 43.4 Å². The van der Waals surface area contributed by atoms with Gasteiger partial charge in [0.15, 0.2) is 0 Å². The van der Waals surface area contributed by atoms with Crippen LogP contribution in [0.1, 0.15) is 34.4 Å². The number of nitrogens with zero attached hydrogens (tertiary/aromatic N) is 1. The van der Waals surface area contributed by atoms with Gasteiger partial charge in [-0.3, -0.25) is 4.79 Å². The van der Waals surface area contributed by atoms with Crippen LogP contribution in [0.3, 0.4) is 0 Å². The first-order valence-electron chi connectivity index (χ1n) is 7.37. The molecular formula is C17H14ClFN2OS. The lowest BCUT2D eigenvalue weighted by molar-refractivity contribution is -0.115. The Balaban J connectivity index is 1.81. The Morgan fingerprint density at radius 2 is 2.17 bits per heavy atom. The van der Waals surface area contributed by atoms with Gasteiger partial charge in [-0.15, -0.1) is 11.3 Å². The zero-order valence-electron chi connectivity index (χ0n) is 12.3. The van der Waals surface area contributed by atoms with Crippen LogP contribution in [0.15, 0.2) is 18.2 Å². The number of amides is 1. The average Bonchev–Trinajstić information content (AvgIpc) is 2.88. The molecule has 1 N–H and O–H groups in total. The van der Waals surface area contributed by atoms with Gasteiger partial charge in [-0.1, -0.05) is 17.7 Å². The van der Waals surface area contributed by atoms with Gasteiger partial charge in [0.1, 0.15) is 16.9 Å². The molecule has 1 aromatic carbocycles. The maximum atomic E-state index is 13.8. The Labute approximate surface area is 142 Å². The highest BCUT2D eigenvalue weighted by atomic mass is 35.5. The molecular weight excluding hydrogens is 335 g/mol. The van der Waals surface area contributed by atoms with Gasteiger partial charge in [0.05, 0.1) is 12.0 Å². The van der Waals surface area contributed by atoms with E-state index in [2.05, 4.69) is 11.4 Å². The summed E-state index contributed by atoms with van der Waals surface area (Å²) in [5.74, 6) is -0.870. The second-order valence-corrected chi connectivity index (χ2v) is 6.96. The fourth-order valence-corrected chi connectivity index (χ4v) is 4.29. The Morgan fingerprint density at radius 3 is 2.91 bits per heavy atom. The standard InChI is InChI=1S/C17H14ClFN2OS/c18-13-5-3-6-14(19)11(13)8-16(22)21-17-12(9-20)10-4-1-2-7-15(10)23-17/h3,5-6H,1-2,4,7-8H2,(H,21,22). The Bertz CT molecular complexity index is 789. The van der Waals surface area contributed by atoms with E-state index in [0.717, 1.165) is 31.2 Å². The van der Waals surface area contributed by atoms with Crippen LogP contribution in [0.2, 0.25) is 5.02 Å². The summed E-state index contributed by atoms with van der Waals surface area (Å²) < 4.78 is 13.8. The van der Waals surface area contributed by atoms with Crippen molar-refractivity contribution in [2.24, 2.45) is 0 Å². The van der Waals surface area contributed by atoms with Crippen molar-refractivity contribution in [3.05, 3.63) is 50.6 Å². The largest absolute Gasteiger partial charge is 0.316 e. The summed E-state index contributed by atoms with van der Waals surface area (Å²) in [4.78, 5) is 13.4. The lowest BCUT2D eigenvalue weighted by Crippen LogP contribution is -2.15. The van der Waals surface area contributed by atoms with E-state index in [-0.39, 0.29) is 22.9 Å². The van der Waals surface area contributed by atoms with Gasteiger partial charge in [0.25, 0.3) is 0 Å². The lowest BCUT2D eigenvalue weighted by Gasteiger charge is -2.09. The maximum Gasteiger partial charge on any atom is 0.229 e. The summed E-state index contributed by atoms with van der Waals surface area (Å²) >= 11 is 7.40. The molecule has 0 aliphatic heterocycles. The molecule has 0 unspecified atom stereocenters. The van der Waals surface area contributed by atoms with Crippen molar-refractivity contribution in [1.29, 1.82) is 5.26 Å². The molecule has 1 aliphatic carbocycles. The number of nitrogens with one attached hydrogen (secondary N) is 1. The Morgan fingerprint density at radius 1 is 1.39 bits per heavy atom. The smallest absolute Gasteiger partial charge is 0.229 e. The molecule has 1 aliphatic rings. The number of aryl methyl sites for hydroxylation is 1. The molecule has 1 heterocycles. The van der Waals surface area contributed by atoms with Crippen molar-refractivity contribution < 1.29 is 9.18 Å². The van der Waals surface area contributed by atoms with Crippen molar-refractivity contribution in [1.82, 2.24) is 0 Å². The van der Waals surface area contributed by atoms with Crippen LogP contribution < -0.4 is 5.32 Å². The zero-order chi connectivity index (χ0) is 16.4. The highest BCUT2D eigenvalue weighted by Gasteiger charge is 2.22. The highest BCUT2D eigenvalue weighted by molar-refractivity contribution is 7.16. The van der Waals surface area contributed by atoms with Crippen molar-refractivity contribution in [2.45, 2.75) is 32.1 Å². The molecule has 0 saturated carbocycles. The number of carbonyl (C=O) groups excluding carboxylic acids is 1. The van der Waals surface area contributed by atoms with E-state index in [1.54, 1.807) is 6.07 Å². The molecule has 1 aromatic heterocycles. The van der Waals surface area contributed by atoms with E-state index >= 15 is 0 Å².